The Bertz CT molecular complexity index is 520. The molecule has 1 aromatic heterocycles. The third kappa shape index (κ3) is 2.90. The Morgan fingerprint density at radius 1 is 1.17 bits per heavy atom. The summed E-state index contributed by atoms with van der Waals surface area (Å²) < 4.78 is 0. The van der Waals surface area contributed by atoms with Gasteiger partial charge in [-0.15, -0.1) is 11.3 Å². The molecule has 96 valence electrons. The third-order valence-electron chi connectivity index (χ3n) is 3.02. The second-order valence-corrected chi connectivity index (χ2v) is 9.42. The summed E-state index contributed by atoms with van der Waals surface area (Å²) in [5.74, 6) is 0.589. The molecule has 0 aliphatic heterocycles. The lowest BCUT2D eigenvalue weighted by atomic mass is 10.0. The van der Waals surface area contributed by atoms with Crippen molar-refractivity contribution in [3.8, 4) is 11.3 Å². The highest BCUT2D eigenvalue weighted by atomic mass is 32.1. The normalized spacial score (nSPS) is 12.3. The highest BCUT2D eigenvalue weighted by molar-refractivity contribution is 7.10. The molecule has 0 spiro atoms. The maximum Gasteiger partial charge on any atom is 0.0951 e. The minimum Gasteiger partial charge on any atom is -0.241 e. The molecular formula is C15H21NSSi. The fourth-order valence-electron chi connectivity index (χ4n) is 1.79. The first-order valence-corrected chi connectivity index (χ1v) is 8.32. The number of thiazole rings is 1. The first-order chi connectivity index (χ1) is 8.38. The molecule has 0 saturated carbocycles. The van der Waals surface area contributed by atoms with E-state index in [1.165, 1.54) is 16.1 Å². The van der Waals surface area contributed by atoms with Crippen LogP contribution in [0.1, 0.15) is 44.2 Å². The van der Waals surface area contributed by atoms with Crippen molar-refractivity contribution < 1.29 is 0 Å². The molecule has 2 rings (SSSR count). The van der Waals surface area contributed by atoms with E-state index in [0.717, 1.165) is 15.9 Å². The second kappa shape index (κ2) is 4.98. The van der Waals surface area contributed by atoms with Crippen LogP contribution in [0.25, 0.3) is 11.3 Å². The summed E-state index contributed by atoms with van der Waals surface area (Å²) in [6, 6.07) is 8.80. The average molecular weight is 275 g/mol. The first kappa shape index (κ1) is 13.5. The fourth-order valence-corrected chi connectivity index (χ4v) is 3.17. The van der Waals surface area contributed by atoms with Crippen LogP contribution in [0.4, 0.5) is 0 Å². The Kier molecular flexibility index (Phi) is 3.73. The molecule has 1 aromatic carbocycles. The first-order valence-electron chi connectivity index (χ1n) is 6.44. The van der Waals surface area contributed by atoms with Gasteiger partial charge in [-0.25, -0.2) is 4.98 Å². The van der Waals surface area contributed by atoms with Crippen LogP contribution < -0.4 is 0 Å². The van der Waals surface area contributed by atoms with Crippen LogP contribution in [-0.4, -0.2) is 15.2 Å². The van der Waals surface area contributed by atoms with Gasteiger partial charge in [-0.2, -0.15) is 0 Å². The van der Waals surface area contributed by atoms with Crippen molar-refractivity contribution in [3.63, 3.8) is 0 Å². The lowest BCUT2D eigenvalue weighted by molar-refractivity contribution is 0.755. The highest BCUT2D eigenvalue weighted by Gasteiger charge is 2.18. The molecule has 0 N–H and O–H groups in total. The zero-order valence-corrected chi connectivity index (χ0v) is 14.6. The van der Waals surface area contributed by atoms with E-state index in [2.05, 4.69) is 57.3 Å². The van der Waals surface area contributed by atoms with Gasteiger partial charge in [0.05, 0.1) is 10.7 Å². The van der Waals surface area contributed by atoms with Crippen LogP contribution in [0.3, 0.4) is 0 Å². The van der Waals surface area contributed by atoms with Crippen molar-refractivity contribution in [1.29, 1.82) is 0 Å². The van der Waals surface area contributed by atoms with Crippen LogP contribution in [-0.2, 0) is 5.04 Å². The van der Waals surface area contributed by atoms with Crippen LogP contribution in [0.15, 0.2) is 29.6 Å². The van der Waals surface area contributed by atoms with Gasteiger partial charge >= 0.3 is 0 Å². The summed E-state index contributed by atoms with van der Waals surface area (Å²) in [7, 11) is 1.14. The molecule has 0 aliphatic rings. The van der Waals surface area contributed by atoms with E-state index < -0.39 is 0 Å². The van der Waals surface area contributed by atoms with Gasteiger partial charge in [-0.05, 0) is 11.5 Å². The molecule has 0 unspecified atom stereocenters. The molecule has 3 heteroatoms. The van der Waals surface area contributed by atoms with Gasteiger partial charge in [0, 0.05) is 26.2 Å². The molecule has 0 radical (unpaired) electrons. The van der Waals surface area contributed by atoms with Crippen molar-refractivity contribution >= 4 is 21.6 Å². The summed E-state index contributed by atoms with van der Waals surface area (Å²) >= 11 is 1.79. The number of hydrogen-bond acceptors (Lipinski definition) is 2. The highest BCUT2D eigenvalue weighted by Crippen LogP contribution is 2.29. The zero-order valence-electron chi connectivity index (χ0n) is 11.8. The summed E-state index contributed by atoms with van der Waals surface area (Å²) in [6.07, 6.45) is 0. The average Bonchev–Trinajstić information content (AvgIpc) is 2.78. The molecular weight excluding hydrogens is 254 g/mol. The van der Waals surface area contributed by atoms with Crippen molar-refractivity contribution in [1.82, 2.24) is 4.98 Å². The summed E-state index contributed by atoms with van der Waals surface area (Å²) in [6.45, 7) is 8.98. The molecule has 0 atom stereocenters. The molecule has 0 aliphatic carbocycles. The lowest BCUT2D eigenvalue weighted by Gasteiger charge is -2.13. The van der Waals surface area contributed by atoms with E-state index in [9.17, 15) is 0 Å². The largest absolute Gasteiger partial charge is 0.241 e. The maximum atomic E-state index is 4.78. The minimum absolute atomic E-state index is 0.279. The molecule has 0 bridgehead atoms. The lowest BCUT2D eigenvalue weighted by Crippen LogP contribution is -2.15. The number of nitrogens with zero attached hydrogens (tertiary/aromatic N) is 1. The van der Waals surface area contributed by atoms with Gasteiger partial charge < -0.3 is 0 Å². The molecule has 1 heterocycles. The summed E-state index contributed by atoms with van der Waals surface area (Å²) in [5, 5.41) is 3.72. The van der Waals surface area contributed by atoms with Gasteiger partial charge in [-0.1, -0.05) is 52.0 Å². The standard InChI is InChI=1S/C15H21NSSi/c1-10(2)11-5-7-12(8-6-11)13-9-17-14(16-13)15(3,4)18/h5-10H,1-4,18H3. The Labute approximate surface area is 117 Å². The monoisotopic (exact) mass is 275 g/mol. The minimum atomic E-state index is 0.279. The smallest absolute Gasteiger partial charge is 0.0951 e. The molecule has 0 amide bonds. The van der Waals surface area contributed by atoms with Gasteiger partial charge in [0.15, 0.2) is 0 Å². The van der Waals surface area contributed by atoms with E-state index >= 15 is 0 Å². The Hall–Kier alpha value is -0.933. The van der Waals surface area contributed by atoms with Crippen molar-refractivity contribution in [2.75, 3.05) is 0 Å². The predicted octanol–water partition coefficient (Wildman–Crippen LogP) is 3.53. The molecule has 1 nitrogen and oxygen atoms in total. The predicted molar refractivity (Wildman–Crippen MR) is 84.6 cm³/mol. The van der Waals surface area contributed by atoms with Gasteiger partial charge in [0.2, 0.25) is 0 Å². The Morgan fingerprint density at radius 2 is 1.78 bits per heavy atom. The van der Waals surface area contributed by atoms with Gasteiger partial charge in [0.25, 0.3) is 0 Å². The SMILES string of the molecule is CC(C)c1ccc(-c2csc(C(C)(C)[SiH3])n2)cc1. The number of hydrogen-bond donors (Lipinski definition) is 0. The van der Waals surface area contributed by atoms with Crippen LogP contribution in [0.5, 0.6) is 0 Å². The van der Waals surface area contributed by atoms with E-state index in [0.29, 0.717) is 5.92 Å². The van der Waals surface area contributed by atoms with Crippen LogP contribution in [0.2, 0.25) is 0 Å². The Morgan fingerprint density at radius 3 is 2.22 bits per heavy atom. The number of benzene rings is 1. The van der Waals surface area contributed by atoms with Crippen molar-refractivity contribution in [2.24, 2.45) is 0 Å². The molecule has 0 saturated heterocycles. The quantitative estimate of drug-likeness (QED) is 0.781. The number of aromatic nitrogens is 1. The maximum absolute atomic E-state index is 4.78. The molecule has 2 aromatic rings. The summed E-state index contributed by atoms with van der Waals surface area (Å²) in [4.78, 5) is 4.78. The van der Waals surface area contributed by atoms with E-state index in [4.69, 9.17) is 4.98 Å². The van der Waals surface area contributed by atoms with E-state index in [1.54, 1.807) is 11.3 Å². The fraction of sp³-hybridized carbons (Fsp3) is 0.400. The van der Waals surface area contributed by atoms with Crippen molar-refractivity contribution in [3.05, 3.63) is 40.2 Å². The van der Waals surface area contributed by atoms with Crippen LogP contribution in [0, 0.1) is 0 Å². The number of rotatable bonds is 3. The third-order valence-corrected chi connectivity index (χ3v) is 5.12. The molecule has 0 fully saturated rings. The Balaban J connectivity index is 2.29. The van der Waals surface area contributed by atoms with Crippen LogP contribution >= 0.6 is 11.3 Å². The van der Waals surface area contributed by atoms with E-state index in [-0.39, 0.29) is 5.04 Å². The zero-order chi connectivity index (χ0) is 13.3. The van der Waals surface area contributed by atoms with Gasteiger partial charge in [-0.3, -0.25) is 0 Å². The molecule has 18 heavy (non-hydrogen) atoms. The topological polar surface area (TPSA) is 12.9 Å². The van der Waals surface area contributed by atoms with Crippen molar-refractivity contribution in [2.45, 2.75) is 38.7 Å². The van der Waals surface area contributed by atoms with Gasteiger partial charge in [0.1, 0.15) is 0 Å². The summed E-state index contributed by atoms with van der Waals surface area (Å²) in [5.41, 5.74) is 3.74. The second-order valence-electron chi connectivity index (χ2n) is 6.06. The van der Waals surface area contributed by atoms with E-state index in [1.807, 2.05) is 0 Å².